The number of alkyl halides is 3. The van der Waals surface area contributed by atoms with Crippen molar-refractivity contribution in [2.75, 3.05) is 0 Å². The fourth-order valence-electron chi connectivity index (χ4n) is 1.47. The summed E-state index contributed by atoms with van der Waals surface area (Å²) < 4.78 is 45.0. The van der Waals surface area contributed by atoms with E-state index in [9.17, 15) is 18.0 Å². The van der Waals surface area contributed by atoms with Crippen LogP contribution in [0.4, 0.5) is 13.2 Å². The largest absolute Gasteiger partial charge is 0.573 e. The van der Waals surface area contributed by atoms with Gasteiger partial charge in [-0.15, -0.1) is 13.2 Å². The van der Waals surface area contributed by atoms with E-state index in [-0.39, 0.29) is 17.1 Å². The van der Waals surface area contributed by atoms with Crippen LogP contribution >= 0.6 is 0 Å². The lowest BCUT2D eigenvalue weighted by Gasteiger charge is -2.10. The van der Waals surface area contributed by atoms with Crippen molar-refractivity contribution in [3.63, 3.8) is 0 Å². The van der Waals surface area contributed by atoms with Gasteiger partial charge in [-0.1, -0.05) is 0 Å². The summed E-state index contributed by atoms with van der Waals surface area (Å²) in [5.74, 6) is -1.43. The molecular weight excluding hydrogens is 291 g/mol. The second kappa shape index (κ2) is 5.70. The van der Waals surface area contributed by atoms with Crippen molar-refractivity contribution in [1.29, 1.82) is 0 Å². The maximum Gasteiger partial charge on any atom is 0.573 e. The van der Waals surface area contributed by atoms with Crippen molar-refractivity contribution < 1.29 is 32.5 Å². The van der Waals surface area contributed by atoms with Crippen LogP contribution in [0.3, 0.4) is 0 Å². The van der Waals surface area contributed by atoms with E-state index in [0.717, 1.165) is 18.3 Å². The van der Waals surface area contributed by atoms with E-state index in [2.05, 4.69) is 9.72 Å². The van der Waals surface area contributed by atoms with E-state index >= 15 is 0 Å². The minimum Gasteiger partial charge on any atom is -0.477 e. The van der Waals surface area contributed by atoms with Crippen LogP contribution in [0.25, 0.3) is 0 Å². The van der Waals surface area contributed by atoms with Gasteiger partial charge >= 0.3 is 12.3 Å². The van der Waals surface area contributed by atoms with Crippen LogP contribution in [0.5, 0.6) is 17.2 Å². The standard InChI is InChI=1S/C13H8F3NO4/c14-13(15,16)21-9-3-1-8(2-4-9)20-11-5-6-17-7-10(11)12(18)19/h1-7H,(H,18,19). The molecule has 1 aromatic carbocycles. The summed E-state index contributed by atoms with van der Waals surface area (Å²) in [6.45, 7) is 0. The van der Waals surface area contributed by atoms with Gasteiger partial charge in [0.25, 0.3) is 0 Å². The molecule has 0 atom stereocenters. The zero-order chi connectivity index (χ0) is 15.5. The molecule has 1 aromatic heterocycles. The van der Waals surface area contributed by atoms with Crippen molar-refractivity contribution in [3.05, 3.63) is 48.3 Å². The topological polar surface area (TPSA) is 68.7 Å². The van der Waals surface area contributed by atoms with E-state index in [0.29, 0.717) is 0 Å². The molecule has 21 heavy (non-hydrogen) atoms. The molecule has 1 heterocycles. The third-order valence-electron chi connectivity index (χ3n) is 2.30. The van der Waals surface area contributed by atoms with Crippen molar-refractivity contribution in [3.8, 4) is 17.2 Å². The van der Waals surface area contributed by atoms with Crippen LogP contribution < -0.4 is 9.47 Å². The lowest BCUT2D eigenvalue weighted by atomic mass is 10.2. The zero-order valence-electron chi connectivity index (χ0n) is 10.3. The molecule has 0 radical (unpaired) electrons. The summed E-state index contributed by atoms with van der Waals surface area (Å²) in [5, 5.41) is 8.95. The van der Waals surface area contributed by atoms with Crippen LogP contribution in [-0.2, 0) is 0 Å². The number of hydrogen-bond donors (Lipinski definition) is 1. The second-order valence-corrected chi connectivity index (χ2v) is 3.80. The molecule has 2 rings (SSSR count). The summed E-state index contributed by atoms with van der Waals surface area (Å²) in [7, 11) is 0. The van der Waals surface area contributed by atoms with Gasteiger partial charge in [-0.2, -0.15) is 0 Å². The van der Waals surface area contributed by atoms with Gasteiger partial charge in [-0.25, -0.2) is 4.79 Å². The third kappa shape index (κ3) is 4.10. The van der Waals surface area contributed by atoms with Gasteiger partial charge in [0, 0.05) is 18.5 Å². The highest BCUT2D eigenvalue weighted by molar-refractivity contribution is 5.90. The number of carboxylic acids is 1. The number of carbonyl (C=O) groups is 1. The van der Waals surface area contributed by atoms with Crippen LogP contribution in [0, 0.1) is 0 Å². The molecule has 0 aliphatic heterocycles. The van der Waals surface area contributed by atoms with Gasteiger partial charge < -0.3 is 14.6 Å². The number of aromatic nitrogens is 1. The molecule has 1 N–H and O–H groups in total. The van der Waals surface area contributed by atoms with Gasteiger partial charge in [0.2, 0.25) is 0 Å². The summed E-state index contributed by atoms with van der Waals surface area (Å²) >= 11 is 0. The number of rotatable bonds is 4. The summed E-state index contributed by atoms with van der Waals surface area (Å²) in [4.78, 5) is 14.6. The molecule has 0 saturated carbocycles. The minimum absolute atomic E-state index is 0.0296. The number of hydrogen-bond acceptors (Lipinski definition) is 4. The maximum absolute atomic E-state index is 12.0. The monoisotopic (exact) mass is 299 g/mol. The Balaban J connectivity index is 2.16. The summed E-state index contributed by atoms with van der Waals surface area (Å²) in [5.41, 5.74) is -0.159. The predicted octanol–water partition coefficient (Wildman–Crippen LogP) is 3.47. The Bertz CT molecular complexity index is 641. The van der Waals surface area contributed by atoms with E-state index in [1.165, 1.54) is 24.4 Å². The minimum atomic E-state index is -4.77. The van der Waals surface area contributed by atoms with Gasteiger partial charge in [0.1, 0.15) is 22.8 Å². The molecule has 0 aliphatic carbocycles. The summed E-state index contributed by atoms with van der Waals surface area (Å²) in [6.07, 6.45) is -2.33. The lowest BCUT2D eigenvalue weighted by molar-refractivity contribution is -0.274. The number of nitrogens with zero attached hydrogens (tertiary/aromatic N) is 1. The highest BCUT2D eigenvalue weighted by Gasteiger charge is 2.31. The third-order valence-corrected chi connectivity index (χ3v) is 2.30. The van der Waals surface area contributed by atoms with Gasteiger partial charge in [0.05, 0.1) is 0 Å². The van der Waals surface area contributed by atoms with Crippen LogP contribution in [0.15, 0.2) is 42.7 Å². The molecule has 0 saturated heterocycles. The lowest BCUT2D eigenvalue weighted by Crippen LogP contribution is -2.16. The smallest absolute Gasteiger partial charge is 0.477 e. The summed E-state index contributed by atoms with van der Waals surface area (Å²) in [6, 6.07) is 5.92. The quantitative estimate of drug-likeness (QED) is 0.936. The number of carboxylic acid groups (broad SMARTS) is 1. The van der Waals surface area contributed by atoms with Gasteiger partial charge in [-0.3, -0.25) is 4.98 Å². The first-order valence-corrected chi connectivity index (χ1v) is 5.56. The Morgan fingerprint density at radius 2 is 1.71 bits per heavy atom. The fourth-order valence-corrected chi connectivity index (χ4v) is 1.47. The average molecular weight is 299 g/mol. The number of benzene rings is 1. The highest BCUT2D eigenvalue weighted by Crippen LogP contribution is 2.28. The van der Waals surface area contributed by atoms with Crippen molar-refractivity contribution in [2.24, 2.45) is 0 Å². The van der Waals surface area contributed by atoms with Crippen LogP contribution in [-0.4, -0.2) is 22.4 Å². The molecule has 5 nitrogen and oxygen atoms in total. The molecule has 0 unspecified atom stereocenters. The maximum atomic E-state index is 12.0. The molecule has 2 aromatic rings. The molecular formula is C13H8F3NO4. The van der Waals surface area contributed by atoms with E-state index < -0.39 is 18.1 Å². The predicted molar refractivity (Wildman–Crippen MR) is 64.4 cm³/mol. The molecule has 0 aliphatic rings. The van der Waals surface area contributed by atoms with Crippen molar-refractivity contribution in [2.45, 2.75) is 6.36 Å². The van der Waals surface area contributed by atoms with E-state index in [1.54, 1.807) is 0 Å². The first-order chi connectivity index (χ1) is 9.85. The van der Waals surface area contributed by atoms with Crippen LogP contribution in [0.1, 0.15) is 10.4 Å². The molecule has 110 valence electrons. The molecule has 0 amide bonds. The van der Waals surface area contributed by atoms with Gasteiger partial charge in [0.15, 0.2) is 0 Å². The molecule has 0 spiro atoms. The zero-order valence-corrected chi connectivity index (χ0v) is 10.3. The number of ether oxygens (including phenoxy) is 2. The Hall–Kier alpha value is -2.77. The first kappa shape index (κ1) is 14.6. The molecule has 0 bridgehead atoms. The Morgan fingerprint density at radius 1 is 1.10 bits per heavy atom. The van der Waals surface area contributed by atoms with Crippen LogP contribution in [0.2, 0.25) is 0 Å². The Morgan fingerprint density at radius 3 is 2.29 bits per heavy atom. The van der Waals surface area contributed by atoms with Crippen molar-refractivity contribution in [1.82, 2.24) is 4.98 Å². The molecule has 8 heteroatoms. The van der Waals surface area contributed by atoms with Crippen molar-refractivity contribution >= 4 is 5.97 Å². The fraction of sp³-hybridized carbons (Fsp3) is 0.0769. The first-order valence-electron chi connectivity index (χ1n) is 5.56. The highest BCUT2D eigenvalue weighted by atomic mass is 19.4. The number of halogens is 3. The Labute approximate surface area is 116 Å². The average Bonchev–Trinajstić information content (AvgIpc) is 2.40. The van der Waals surface area contributed by atoms with E-state index in [4.69, 9.17) is 9.84 Å². The SMILES string of the molecule is O=C(O)c1cnccc1Oc1ccc(OC(F)(F)F)cc1. The second-order valence-electron chi connectivity index (χ2n) is 3.80. The molecule has 0 fully saturated rings. The van der Waals surface area contributed by atoms with E-state index in [1.807, 2.05) is 0 Å². The number of pyridine rings is 1. The van der Waals surface area contributed by atoms with Gasteiger partial charge in [-0.05, 0) is 24.3 Å². The Kier molecular flexibility index (Phi) is 3.97. The number of aromatic carboxylic acids is 1. The normalized spacial score (nSPS) is 11.0.